The van der Waals surface area contributed by atoms with Crippen molar-refractivity contribution in [2.45, 2.75) is 32.7 Å². The summed E-state index contributed by atoms with van der Waals surface area (Å²) in [6.07, 6.45) is 7.16. The number of aryl methyl sites for hydroxylation is 2. The van der Waals surface area contributed by atoms with E-state index in [-0.39, 0.29) is 0 Å². The first-order valence-corrected chi connectivity index (χ1v) is 8.90. The second-order valence-electron chi connectivity index (χ2n) is 5.91. The summed E-state index contributed by atoms with van der Waals surface area (Å²) in [5.74, 6) is 1.53. The van der Waals surface area contributed by atoms with Crippen LogP contribution in [-0.4, -0.2) is 45.3 Å². The number of rotatable bonds is 4. The van der Waals surface area contributed by atoms with Crippen LogP contribution in [0.2, 0.25) is 0 Å². The van der Waals surface area contributed by atoms with E-state index in [0.717, 1.165) is 37.0 Å². The molecule has 0 spiro atoms. The van der Waals surface area contributed by atoms with Crippen molar-refractivity contribution in [1.29, 1.82) is 0 Å². The monoisotopic (exact) mass is 332 g/mol. The number of guanidine groups is 1. The number of likely N-dealkylation sites (tertiary alicyclic amines) is 1. The van der Waals surface area contributed by atoms with E-state index in [0.29, 0.717) is 12.5 Å². The van der Waals surface area contributed by atoms with Gasteiger partial charge in [-0.3, -0.25) is 4.68 Å². The molecule has 0 amide bonds. The lowest BCUT2D eigenvalue weighted by atomic mass is 10.0. The molecule has 1 aliphatic rings. The average molecular weight is 332 g/mol. The van der Waals surface area contributed by atoms with Crippen molar-refractivity contribution < 1.29 is 0 Å². The number of hydrogen-bond donors (Lipinski definition) is 1. The molecule has 0 radical (unpaired) electrons. The van der Waals surface area contributed by atoms with E-state index in [2.05, 4.69) is 40.3 Å². The highest BCUT2D eigenvalue weighted by Crippen LogP contribution is 2.26. The molecule has 2 aromatic rings. The van der Waals surface area contributed by atoms with Gasteiger partial charge in [-0.05, 0) is 25.8 Å². The van der Waals surface area contributed by atoms with Crippen molar-refractivity contribution in [3.8, 4) is 0 Å². The lowest BCUT2D eigenvalue weighted by molar-refractivity contribution is 0.486. The van der Waals surface area contributed by atoms with Gasteiger partial charge < -0.3 is 10.2 Å². The number of nitrogens with zero attached hydrogens (tertiary/aromatic N) is 5. The third-order valence-corrected chi connectivity index (χ3v) is 4.95. The van der Waals surface area contributed by atoms with E-state index in [9.17, 15) is 0 Å². The Morgan fingerprint density at radius 3 is 3.00 bits per heavy atom. The summed E-state index contributed by atoms with van der Waals surface area (Å²) in [7, 11) is 1.97. The summed E-state index contributed by atoms with van der Waals surface area (Å²) in [5, 5.41) is 8.77. The van der Waals surface area contributed by atoms with Crippen molar-refractivity contribution in [3.63, 3.8) is 0 Å². The van der Waals surface area contributed by atoms with Gasteiger partial charge in [0.05, 0.1) is 12.7 Å². The van der Waals surface area contributed by atoms with Gasteiger partial charge in [0.15, 0.2) is 5.96 Å². The molecule has 0 aromatic carbocycles. The molecule has 124 valence electrons. The normalized spacial score (nSPS) is 18.7. The smallest absolute Gasteiger partial charge is 0.194 e. The van der Waals surface area contributed by atoms with Crippen molar-refractivity contribution in [1.82, 2.24) is 25.0 Å². The predicted molar refractivity (Wildman–Crippen MR) is 93.8 cm³/mol. The lowest BCUT2D eigenvalue weighted by Gasteiger charge is -2.21. The quantitative estimate of drug-likeness (QED) is 0.688. The minimum atomic E-state index is 0.537. The summed E-state index contributed by atoms with van der Waals surface area (Å²) in [6, 6.07) is 0. The third-order valence-electron chi connectivity index (χ3n) is 4.05. The fraction of sp³-hybridized carbons (Fsp3) is 0.562. The van der Waals surface area contributed by atoms with Gasteiger partial charge in [-0.2, -0.15) is 5.10 Å². The molecule has 6 nitrogen and oxygen atoms in total. The first-order chi connectivity index (χ1) is 11.2. The maximum absolute atomic E-state index is 4.77. The molecule has 1 atom stereocenters. The Labute approximate surface area is 141 Å². The molecule has 1 N–H and O–H groups in total. The van der Waals surface area contributed by atoms with Gasteiger partial charge >= 0.3 is 0 Å². The molecular formula is C16H24N6S. The maximum Gasteiger partial charge on any atom is 0.194 e. The van der Waals surface area contributed by atoms with Crippen molar-refractivity contribution in [3.05, 3.63) is 34.0 Å². The number of aromatic nitrogens is 3. The highest BCUT2D eigenvalue weighted by molar-refractivity contribution is 7.11. The minimum Gasteiger partial charge on any atom is -0.357 e. The van der Waals surface area contributed by atoms with E-state index in [1.165, 1.54) is 10.4 Å². The number of nitrogens with one attached hydrogen (secondary N) is 1. The first-order valence-electron chi connectivity index (χ1n) is 8.08. The summed E-state index contributed by atoms with van der Waals surface area (Å²) in [5.41, 5.74) is 1.32. The topological polar surface area (TPSA) is 58.3 Å². The zero-order valence-corrected chi connectivity index (χ0v) is 14.8. The molecule has 1 unspecified atom stereocenters. The van der Waals surface area contributed by atoms with Gasteiger partial charge in [-0.15, -0.1) is 11.3 Å². The van der Waals surface area contributed by atoms with Gasteiger partial charge in [0.2, 0.25) is 0 Å². The SMILES string of the molecule is CCNC(=NCc1ncc(C)s1)N1CCC(c2cnn(C)c2)C1. The molecule has 0 aliphatic carbocycles. The molecular weight excluding hydrogens is 308 g/mol. The molecule has 23 heavy (non-hydrogen) atoms. The first kappa shape index (κ1) is 16.0. The van der Waals surface area contributed by atoms with Gasteiger partial charge in [-0.25, -0.2) is 9.98 Å². The van der Waals surface area contributed by atoms with Crippen LogP contribution in [0.4, 0.5) is 0 Å². The predicted octanol–water partition coefficient (Wildman–Crippen LogP) is 2.14. The molecule has 7 heteroatoms. The lowest BCUT2D eigenvalue weighted by Crippen LogP contribution is -2.40. The zero-order chi connectivity index (χ0) is 16.2. The second-order valence-corrected chi connectivity index (χ2v) is 7.23. The van der Waals surface area contributed by atoms with Crippen LogP contribution >= 0.6 is 11.3 Å². The Bertz CT molecular complexity index is 674. The third kappa shape index (κ3) is 3.90. The number of thiazole rings is 1. The van der Waals surface area contributed by atoms with Crippen LogP contribution in [0.25, 0.3) is 0 Å². The van der Waals surface area contributed by atoms with Crippen LogP contribution in [0, 0.1) is 6.92 Å². The van der Waals surface area contributed by atoms with E-state index >= 15 is 0 Å². The van der Waals surface area contributed by atoms with Gasteiger partial charge in [0.25, 0.3) is 0 Å². The van der Waals surface area contributed by atoms with Crippen molar-refractivity contribution in [2.75, 3.05) is 19.6 Å². The Morgan fingerprint density at radius 2 is 2.35 bits per heavy atom. The standard InChI is InChI=1S/C16H24N6S/c1-4-17-16(19-9-15-18-7-12(2)23-15)22-6-5-13(11-22)14-8-20-21(3)10-14/h7-8,10,13H,4-6,9,11H2,1-3H3,(H,17,19). The molecule has 0 bridgehead atoms. The maximum atomic E-state index is 4.77. The van der Waals surface area contributed by atoms with Crippen molar-refractivity contribution in [2.24, 2.45) is 12.0 Å². The number of aliphatic imine (C=N–C) groups is 1. The zero-order valence-electron chi connectivity index (χ0n) is 14.0. The highest BCUT2D eigenvalue weighted by Gasteiger charge is 2.26. The second kappa shape index (κ2) is 7.12. The molecule has 1 aliphatic heterocycles. The Kier molecular flexibility index (Phi) is 4.95. The summed E-state index contributed by atoms with van der Waals surface area (Å²) < 4.78 is 1.88. The largest absolute Gasteiger partial charge is 0.357 e. The fourth-order valence-corrected chi connectivity index (χ4v) is 3.63. The Hall–Kier alpha value is -1.89. The summed E-state index contributed by atoms with van der Waals surface area (Å²) in [4.78, 5) is 12.7. The fourth-order valence-electron chi connectivity index (χ4n) is 2.92. The van der Waals surface area contributed by atoms with Crippen LogP contribution in [0.15, 0.2) is 23.6 Å². The minimum absolute atomic E-state index is 0.537. The van der Waals surface area contributed by atoms with Gasteiger partial charge in [-0.1, -0.05) is 0 Å². The number of hydrogen-bond acceptors (Lipinski definition) is 4. The molecule has 2 aromatic heterocycles. The van der Waals surface area contributed by atoms with Gasteiger partial charge in [0.1, 0.15) is 5.01 Å². The Balaban J connectivity index is 1.66. The molecule has 0 saturated carbocycles. The molecule has 1 saturated heterocycles. The van der Waals surface area contributed by atoms with Crippen LogP contribution < -0.4 is 5.32 Å². The van der Waals surface area contributed by atoms with E-state index in [4.69, 9.17) is 4.99 Å². The molecule has 3 heterocycles. The van der Waals surface area contributed by atoms with E-state index in [1.807, 2.05) is 24.1 Å². The van der Waals surface area contributed by atoms with Crippen LogP contribution in [-0.2, 0) is 13.6 Å². The van der Waals surface area contributed by atoms with Gasteiger partial charge in [0, 0.05) is 49.9 Å². The van der Waals surface area contributed by atoms with E-state index < -0.39 is 0 Å². The van der Waals surface area contributed by atoms with Crippen LogP contribution in [0.5, 0.6) is 0 Å². The summed E-state index contributed by atoms with van der Waals surface area (Å²) >= 11 is 1.72. The van der Waals surface area contributed by atoms with Crippen LogP contribution in [0.3, 0.4) is 0 Å². The van der Waals surface area contributed by atoms with E-state index in [1.54, 1.807) is 11.3 Å². The average Bonchev–Trinajstić information content (AvgIpc) is 3.24. The molecule has 1 fully saturated rings. The van der Waals surface area contributed by atoms with Crippen molar-refractivity contribution >= 4 is 17.3 Å². The Morgan fingerprint density at radius 1 is 1.48 bits per heavy atom. The molecule has 3 rings (SSSR count). The highest BCUT2D eigenvalue weighted by atomic mass is 32.1. The van der Waals surface area contributed by atoms with Crippen LogP contribution in [0.1, 0.15) is 34.7 Å². The summed E-state index contributed by atoms with van der Waals surface area (Å²) in [6.45, 7) is 7.74.